The summed E-state index contributed by atoms with van der Waals surface area (Å²) in [5.74, 6) is 2.94. The van der Waals surface area contributed by atoms with Crippen LogP contribution in [0.2, 0.25) is 0 Å². The molecule has 3 heterocycles. The number of hydrogen-bond acceptors (Lipinski definition) is 6. The Morgan fingerprint density at radius 1 is 1.12 bits per heavy atom. The van der Waals surface area contributed by atoms with Crippen LogP contribution in [0.25, 0.3) is 0 Å². The van der Waals surface area contributed by atoms with Gasteiger partial charge in [0, 0.05) is 45.0 Å². The normalized spacial score (nSPS) is 15.0. The van der Waals surface area contributed by atoms with Gasteiger partial charge in [0.25, 0.3) is 5.91 Å². The van der Waals surface area contributed by atoms with Gasteiger partial charge < -0.3 is 14.6 Å². The summed E-state index contributed by atoms with van der Waals surface area (Å²) < 4.78 is 7.46. The first kappa shape index (κ1) is 22.9. The molecule has 0 radical (unpaired) electrons. The van der Waals surface area contributed by atoms with Crippen molar-refractivity contribution in [1.29, 1.82) is 0 Å². The van der Waals surface area contributed by atoms with Crippen LogP contribution < -0.4 is 10.1 Å². The third kappa shape index (κ3) is 5.76. The molecule has 1 atom stereocenters. The summed E-state index contributed by atoms with van der Waals surface area (Å²) in [5, 5.41) is 12.2. The van der Waals surface area contributed by atoms with E-state index in [1.807, 2.05) is 12.1 Å². The molecule has 0 unspecified atom stereocenters. The first-order chi connectivity index (χ1) is 16.0. The second-order valence-electron chi connectivity index (χ2n) is 8.90. The van der Waals surface area contributed by atoms with Gasteiger partial charge in [-0.1, -0.05) is 26.0 Å². The average Bonchev–Trinajstić information content (AvgIpc) is 3.13. The predicted molar refractivity (Wildman–Crippen MR) is 126 cm³/mol. The number of nitrogens with zero attached hydrogens (tertiary/aromatic N) is 5. The van der Waals surface area contributed by atoms with E-state index in [1.165, 1.54) is 5.56 Å². The standard InChI is InChI=1S/C25H32N6O2/c1-18(2)15-22(27-25(32)20-5-4-11-26-16-20)24-29-28-23-10-12-30(13-14-31(23)24)17-19-6-8-21(33-3)9-7-19/h4-9,11,16,18,22H,10,12-15,17H2,1-3H3,(H,27,32)/t22-/m1/s1. The van der Waals surface area contributed by atoms with Crippen LogP contribution in [-0.2, 0) is 19.5 Å². The van der Waals surface area contributed by atoms with E-state index in [4.69, 9.17) is 4.74 Å². The molecule has 0 aliphatic carbocycles. The summed E-state index contributed by atoms with van der Waals surface area (Å²) >= 11 is 0. The highest BCUT2D eigenvalue weighted by Gasteiger charge is 2.26. The minimum atomic E-state index is -0.202. The van der Waals surface area contributed by atoms with Crippen molar-refractivity contribution in [2.24, 2.45) is 5.92 Å². The minimum absolute atomic E-state index is 0.138. The van der Waals surface area contributed by atoms with Gasteiger partial charge in [0.05, 0.1) is 18.7 Å². The van der Waals surface area contributed by atoms with Crippen molar-refractivity contribution in [1.82, 2.24) is 30.0 Å². The van der Waals surface area contributed by atoms with Crippen molar-refractivity contribution in [2.75, 3.05) is 20.2 Å². The fourth-order valence-corrected chi connectivity index (χ4v) is 4.23. The van der Waals surface area contributed by atoms with Gasteiger partial charge >= 0.3 is 0 Å². The molecule has 1 aromatic carbocycles. The third-order valence-corrected chi connectivity index (χ3v) is 5.96. The number of amides is 1. The largest absolute Gasteiger partial charge is 0.497 e. The Kier molecular flexibility index (Phi) is 7.34. The molecule has 1 aliphatic rings. The monoisotopic (exact) mass is 448 g/mol. The van der Waals surface area contributed by atoms with Gasteiger partial charge in [-0.15, -0.1) is 10.2 Å². The summed E-state index contributed by atoms with van der Waals surface area (Å²) in [6, 6.07) is 11.6. The van der Waals surface area contributed by atoms with E-state index in [1.54, 1.807) is 31.6 Å². The van der Waals surface area contributed by atoms with Crippen molar-refractivity contribution in [3.05, 3.63) is 71.6 Å². The molecule has 3 aromatic rings. The predicted octanol–water partition coefficient (Wildman–Crippen LogP) is 3.26. The van der Waals surface area contributed by atoms with Crippen LogP contribution in [0, 0.1) is 5.92 Å². The number of benzene rings is 1. The number of nitrogens with one attached hydrogen (secondary N) is 1. The lowest BCUT2D eigenvalue weighted by atomic mass is 10.0. The third-order valence-electron chi connectivity index (χ3n) is 5.96. The maximum absolute atomic E-state index is 12.8. The van der Waals surface area contributed by atoms with Gasteiger partial charge in [0.15, 0.2) is 5.82 Å². The molecule has 1 amide bonds. The van der Waals surface area contributed by atoms with Crippen LogP contribution in [0.15, 0.2) is 48.8 Å². The van der Waals surface area contributed by atoms with Crippen molar-refractivity contribution in [3.63, 3.8) is 0 Å². The number of fused-ring (bicyclic) bond motifs is 1. The second-order valence-corrected chi connectivity index (χ2v) is 8.90. The highest BCUT2D eigenvalue weighted by atomic mass is 16.5. The van der Waals surface area contributed by atoms with E-state index in [0.29, 0.717) is 11.5 Å². The smallest absolute Gasteiger partial charge is 0.253 e. The Bertz CT molecular complexity index is 1050. The number of ether oxygens (including phenoxy) is 1. The molecule has 0 saturated carbocycles. The fourth-order valence-electron chi connectivity index (χ4n) is 4.23. The molecule has 0 bridgehead atoms. The topological polar surface area (TPSA) is 85.2 Å². The zero-order chi connectivity index (χ0) is 23.2. The maximum atomic E-state index is 12.8. The molecule has 8 heteroatoms. The number of hydrogen-bond donors (Lipinski definition) is 1. The Morgan fingerprint density at radius 3 is 2.64 bits per heavy atom. The zero-order valence-corrected chi connectivity index (χ0v) is 19.6. The number of carbonyl (C=O) groups is 1. The Labute approximate surface area is 195 Å². The Morgan fingerprint density at radius 2 is 1.94 bits per heavy atom. The molecule has 8 nitrogen and oxygen atoms in total. The fraction of sp³-hybridized carbons (Fsp3) is 0.440. The molecule has 0 spiro atoms. The summed E-state index contributed by atoms with van der Waals surface area (Å²) in [5.41, 5.74) is 1.81. The number of aromatic nitrogens is 4. The Hall–Kier alpha value is -3.26. The average molecular weight is 449 g/mol. The van der Waals surface area contributed by atoms with Crippen molar-refractivity contribution in [2.45, 2.75) is 45.8 Å². The zero-order valence-electron chi connectivity index (χ0n) is 19.6. The SMILES string of the molecule is COc1ccc(CN2CCc3nnc([C@@H](CC(C)C)NC(=O)c4cccnc4)n3CC2)cc1. The Balaban J connectivity index is 1.47. The molecular formula is C25H32N6O2. The van der Waals surface area contributed by atoms with Gasteiger partial charge in [-0.25, -0.2) is 0 Å². The van der Waals surface area contributed by atoms with Gasteiger partial charge in [-0.05, 0) is 42.2 Å². The highest BCUT2D eigenvalue weighted by Crippen LogP contribution is 2.23. The second kappa shape index (κ2) is 10.6. The van der Waals surface area contributed by atoms with Crippen LogP contribution in [-0.4, -0.2) is 50.8 Å². The van der Waals surface area contributed by atoms with Crippen LogP contribution in [0.3, 0.4) is 0 Å². The molecular weight excluding hydrogens is 416 g/mol. The van der Waals surface area contributed by atoms with Crippen molar-refractivity contribution < 1.29 is 9.53 Å². The number of methoxy groups -OCH3 is 1. The summed E-state index contributed by atoms with van der Waals surface area (Å²) in [7, 11) is 1.68. The molecule has 33 heavy (non-hydrogen) atoms. The van der Waals surface area contributed by atoms with Gasteiger partial charge in [0.2, 0.25) is 0 Å². The number of pyridine rings is 1. The van der Waals surface area contributed by atoms with E-state index < -0.39 is 0 Å². The minimum Gasteiger partial charge on any atom is -0.497 e. The number of rotatable bonds is 8. The van der Waals surface area contributed by atoms with Crippen LogP contribution in [0.5, 0.6) is 5.75 Å². The number of carbonyl (C=O) groups excluding carboxylic acids is 1. The molecule has 0 fully saturated rings. The first-order valence-corrected chi connectivity index (χ1v) is 11.5. The molecule has 174 valence electrons. The lowest BCUT2D eigenvalue weighted by Crippen LogP contribution is -2.32. The molecule has 2 aromatic heterocycles. The quantitative estimate of drug-likeness (QED) is 0.569. The van der Waals surface area contributed by atoms with Crippen molar-refractivity contribution in [3.8, 4) is 5.75 Å². The summed E-state index contributed by atoms with van der Waals surface area (Å²) in [6.07, 6.45) is 4.87. The lowest BCUT2D eigenvalue weighted by molar-refractivity contribution is 0.0928. The molecule has 1 aliphatic heterocycles. The van der Waals surface area contributed by atoms with Gasteiger partial charge in [0.1, 0.15) is 11.6 Å². The summed E-state index contributed by atoms with van der Waals surface area (Å²) in [4.78, 5) is 19.3. The van der Waals surface area contributed by atoms with Crippen LogP contribution in [0.4, 0.5) is 0 Å². The lowest BCUT2D eigenvalue weighted by Gasteiger charge is -2.22. The van der Waals surface area contributed by atoms with E-state index >= 15 is 0 Å². The van der Waals surface area contributed by atoms with Gasteiger partial charge in [-0.2, -0.15) is 0 Å². The van der Waals surface area contributed by atoms with E-state index in [9.17, 15) is 4.79 Å². The van der Waals surface area contributed by atoms with Gasteiger partial charge in [-0.3, -0.25) is 14.7 Å². The molecule has 0 saturated heterocycles. The van der Waals surface area contributed by atoms with E-state index in [2.05, 4.69) is 55.9 Å². The highest BCUT2D eigenvalue weighted by molar-refractivity contribution is 5.94. The maximum Gasteiger partial charge on any atom is 0.253 e. The van der Waals surface area contributed by atoms with Crippen LogP contribution >= 0.6 is 0 Å². The van der Waals surface area contributed by atoms with Crippen molar-refractivity contribution >= 4 is 5.91 Å². The van der Waals surface area contributed by atoms with Crippen LogP contribution in [0.1, 0.15) is 53.9 Å². The van der Waals surface area contributed by atoms with E-state index in [-0.39, 0.29) is 11.9 Å². The summed E-state index contributed by atoms with van der Waals surface area (Å²) in [6.45, 7) is 7.80. The molecule has 4 rings (SSSR count). The van der Waals surface area contributed by atoms with E-state index in [0.717, 1.165) is 56.4 Å². The molecule has 1 N–H and O–H groups in total. The first-order valence-electron chi connectivity index (χ1n) is 11.5.